The minimum absolute atomic E-state index is 0.109. The van der Waals surface area contributed by atoms with Gasteiger partial charge in [0.25, 0.3) is 11.6 Å². The van der Waals surface area contributed by atoms with Gasteiger partial charge in [-0.05, 0) is 18.2 Å². The maximum atomic E-state index is 12.9. The van der Waals surface area contributed by atoms with Crippen molar-refractivity contribution in [2.45, 2.75) is 6.18 Å². The Morgan fingerprint density at radius 3 is 2.46 bits per heavy atom. The minimum Gasteiger partial charge on any atom is -0.497 e. The van der Waals surface area contributed by atoms with Gasteiger partial charge in [0.05, 0.1) is 17.6 Å². The van der Waals surface area contributed by atoms with Gasteiger partial charge in [-0.3, -0.25) is 14.9 Å². The van der Waals surface area contributed by atoms with Gasteiger partial charge in [0.2, 0.25) is 0 Å². The number of rotatable bonds is 4. The molecule has 126 valence electrons. The Morgan fingerprint density at radius 1 is 1.21 bits per heavy atom. The molecule has 0 bridgehead atoms. The molecule has 0 aliphatic heterocycles. The number of halogens is 3. The smallest absolute Gasteiger partial charge is 0.416 e. The molecular formula is C15H11F3N2O4. The molecular weight excluding hydrogens is 329 g/mol. The van der Waals surface area contributed by atoms with Crippen LogP contribution in [0.15, 0.2) is 42.5 Å². The zero-order valence-corrected chi connectivity index (χ0v) is 12.3. The molecule has 2 aromatic rings. The number of methoxy groups -OCH3 is 1. The highest BCUT2D eigenvalue weighted by Gasteiger charge is 2.31. The number of carbonyl (C=O) groups is 1. The third-order valence-corrected chi connectivity index (χ3v) is 3.07. The van der Waals surface area contributed by atoms with E-state index < -0.39 is 28.3 Å². The number of alkyl halides is 3. The Balaban J connectivity index is 2.38. The molecule has 0 fully saturated rings. The zero-order valence-electron chi connectivity index (χ0n) is 12.3. The summed E-state index contributed by atoms with van der Waals surface area (Å²) in [5.41, 5.74) is -1.92. The van der Waals surface area contributed by atoms with Crippen molar-refractivity contribution in [1.82, 2.24) is 0 Å². The molecule has 0 unspecified atom stereocenters. The lowest BCUT2D eigenvalue weighted by Gasteiger charge is -2.12. The lowest BCUT2D eigenvalue weighted by Crippen LogP contribution is -2.15. The van der Waals surface area contributed by atoms with Gasteiger partial charge in [-0.25, -0.2) is 0 Å². The summed E-state index contributed by atoms with van der Waals surface area (Å²) >= 11 is 0. The van der Waals surface area contributed by atoms with Gasteiger partial charge in [0.15, 0.2) is 0 Å². The number of carbonyl (C=O) groups excluding carboxylic acids is 1. The van der Waals surface area contributed by atoms with E-state index >= 15 is 0 Å². The Labute approximate surface area is 134 Å². The van der Waals surface area contributed by atoms with E-state index in [1.165, 1.54) is 31.4 Å². The van der Waals surface area contributed by atoms with E-state index in [4.69, 9.17) is 4.74 Å². The lowest BCUT2D eigenvalue weighted by atomic mass is 10.1. The predicted octanol–water partition coefficient (Wildman–Crippen LogP) is 3.87. The molecule has 24 heavy (non-hydrogen) atoms. The molecule has 2 rings (SSSR count). The molecule has 9 heteroatoms. The van der Waals surface area contributed by atoms with E-state index in [9.17, 15) is 28.1 Å². The van der Waals surface area contributed by atoms with E-state index in [-0.39, 0.29) is 17.0 Å². The van der Waals surface area contributed by atoms with Gasteiger partial charge in [0.1, 0.15) is 11.3 Å². The number of nitrogens with zero attached hydrogens (tertiary/aromatic N) is 1. The topological polar surface area (TPSA) is 81.5 Å². The highest BCUT2D eigenvalue weighted by atomic mass is 19.4. The predicted molar refractivity (Wildman–Crippen MR) is 79.0 cm³/mol. The Morgan fingerprint density at radius 2 is 1.88 bits per heavy atom. The molecule has 6 nitrogen and oxygen atoms in total. The maximum Gasteiger partial charge on any atom is 0.416 e. The number of benzene rings is 2. The summed E-state index contributed by atoms with van der Waals surface area (Å²) in [5, 5.41) is 13.1. The number of hydrogen-bond acceptors (Lipinski definition) is 4. The molecule has 1 amide bonds. The van der Waals surface area contributed by atoms with Crippen LogP contribution in [0.3, 0.4) is 0 Å². The molecule has 0 heterocycles. The van der Waals surface area contributed by atoms with E-state index in [1.54, 1.807) is 0 Å². The third-order valence-electron chi connectivity index (χ3n) is 3.07. The van der Waals surface area contributed by atoms with Gasteiger partial charge in [-0.15, -0.1) is 0 Å². The van der Waals surface area contributed by atoms with Gasteiger partial charge < -0.3 is 10.1 Å². The van der Waals surface area contributed by atoms with Crippen LogP contribution >= 0.6 is 0 Å². The number of ether oxygens (including phenoxy) is 1. The van der Waals surface area contributed by atoms with Crippen LogP contribution in [0.5, 0.6) is 5.75 Å². The second kappa shape index (κ2) is 6.57. The minimum atomic E-state index is -4.63. The van der Waals surface area contributed by atoms with Crippen LogP contribution in [-0.4, -0.2) is 17.9 Å². The molecule has 0 radical (unpaired) electrons. The van der Waals surface area contributed by atoms with Gasteiger partial charge in [0, 0.05) is 17.8 Å². The van der Waals surface area contributed by atoms with Gasteiger partial charge >= 0.3 is 6.18 Å². The second-order valence-corrected chi connectivity index (χ2v) is 4.68. The van der Waals surface area contributed by atoms with Crippen LogP contribution in [0, 0.1) is 10.1 Å². The van der Waals surface area contributed by atoms with Crippen molar-refractivity contribution >= 4 is 17.3 Å². The van der Waals surface area contributed by atoms with Crippen molar-refractivity contribution in [3.05, 3.63) is 63.7 Å². The number of anilines is 1. The third kappa shape index (κ3) is 3.80. The van der Waals surface area contributed by atoms with Crippen molar-refractivity contribution in [2.75, 3.05) is 12.4 Å². The van der Waals surface area contributed by atoms with Gasteiger partial charge in [-0.1, -0.05) is 12.1 Å². The summed E-state index contributed by atoms with van der Waals surface area (Å²) in [6.45, 7) is 0. The van der Waals surface area contributed by atoms with Gasteiger partial charge in [-0.2, -0.15) is 13.2 Å². The molecule has 0 aliphatic carbocycles. The molecule has 0 saturated carbocycles. The fourth-order valence-corrected chi connectivity index (χ4v) is 1.98. The largest absolute Gasteiger partial charge is 0.497 e. The van der Waals surface area contributed by atoms with Crippen molar-refractivity contribution in [2.24, 2.45) is 0 Å². The van der Waals surface area contributed by atoms with E-state index in [1.807, 2.05) is 0 Å². The second-order valence-electron chi connectivity index (χ2n) is 4.68. The van der Waals surface area contributed by atoms with E-state index in [0.717, 1.165) is 18.2 Å². The first-order valence-electron chi connectivity index (χ1n) is 6.53. The average Bonchev–Trinajstić information content (AvgIpc) is 2.53. The zero-order chi connectivity index (χ0) is 17.9. The Hall–Kier alpha value is -3.10. The average molecular weight is 340 g/mol. The van der Waals surface area contributed by atoms with E-state index in [0.29, 0.717) is 0 Å². The fraction of sp³-hybridized carbons (Fsp3) is 0.133. The Bertz CT molecular complexity index is 791. The number of amides is 1. The standard InChI is InChI=1S/C15H11F3N2O4/c1-24-11-7-9(15(16,17)18)6-10(8-11)19-14(21)12-4-2-3-5-13(12)20(22)23/h2-8H,1H3,(H,19,21). The van der Waals surface area contributed by atoms with Crippen LogP contribution in [0.1, 0.15) is 15.9 Å². The highest BCUT2D eigenvalue weighted by Crippen LogP contribution is 2.34. The van der Waals surface area contributed by atoms with Crippen LogP contribution < -0.4 is 10.1 Å². The lowest BCUT2D eigenvalue weighted by molar-refractivity contribution is -0.385. The van der Waals surface area contributed by atoms with Crippen molar-refractivity contribution < 1.29 is 27.6 Å². The molecule has 0 aromatic heterocycles. The van der Waals surface area contributed by atoms with Crippen LogP contribution in [0.25, 0.3) is 0 Å². The number of hydrogen-bond donors (Lipinski definition) is 1. The van der Waals surface area contributed by atoms with Crippen molar-refractivity contribution in [3.8, 4) is 5.75 Å². The summed E-state index contributed by atoms with van der Waals surface area (Å²) in [6.07, 6.45) is -4.63. The summed E-state index contributed by atoms with van der Waals surface area (Å²) in [5.74, 6) is -1.01. The monoisotopic (exact) mass is 340 g/mol. The summed E-state index contributed by atoms with van der Waals surface area (Å²) < 4.78 is 43.4. The summed E-state index contributed by atoms with van der Waals surface area (Å²) in [7, 11) is 1.18. The van der Waals surface area contributed by atoms with Crippen LogP contribution in [0.4, 0.5) is 24.5 Å². The summed E-state index contributed by atoms with van der Waals surface area (Å²) in [4.78, 5) is 22.3. The molecule has 2 aromatic carbocycles. The SMILES string of the molecule is COc1cc(NC(=O)c2ccccc2[N+](=O)[O-])cc(C(F)(F)F)c1. The summed E-state index contributed by atoms with van der Waals surface area (Å²) in [6, 6.07) is 7.80. The number of nitro benzene ring substituents is 1. The highest BCUT2D eigenvalue weighted by molar-refractivity contribution is 6.07. The quantitative estimate of drug-likeness (QED) is 0.676. The maximum absolute atomic E-state index is 12.9. The molecule has 0 atom stereocenters. The van der Waals surface area contributed by atoms with E-state index in [2.05, 4.69) is 5.32 Å². The molecule has 0 aliphatic rings. The number of nitrogens with one attached hydrogen (secondary N) is 1. The normalized spacial score (nSPS) is 11.0. The first-order chi connectivity index (χ1) is 11.2. The number of nitro groups is 1. The first-order valence-corrected chi connectivity index (χ1v) is 6.53. The molecule has 0 saturated heterocycles. The first kappa shape index (κ1) is 17.3. The van der Waals surface area contributed by atoms with Crippen molar-refractivity contribution in [1.29, 1.82) is 0 Å². The Kier molecular flexibility index (Phi) is 4.72. The van der Waals surface area contributed by atoms with Crippen molar-refractivity contribution in [3.63, 3.8) is 0 Å². The van der Waals surface area contributed by atoms with Crippen LogP contribution in [-0.2, 0) is 6.18 Å². The number of para-hydroxylation sites is 1. The molecule has 1 N–H and O–H groups in total. The fourth-order valence-electron chi connectivity index (χ4n) is 1.98. The van der Waals surface area contributed by atoms with Crippen LogP contribution in [0.2, 0.25) is 0 Å². The molecule has 0 spiro atoms.